The van der Waals surface area contributed by atoms with Crippen LogP contribution in [0.15, 0.2) is 11.6 Å². The van der Waals surface area contributed by atoms with Crippen molar-refractivity contribution in [2.75, 3.05) is 19.7 Å². The van der Waals surface area contributed by atoms with E-state index in [2.05, 4.69) is 15.6 Å². The van der Waals surface area contributed by atoms with Crippen molar-refractivity contribution in [1.82, 2.24) is 15.6 Å². The number of hydrogen-bond donors (Lipinski definition) is 2. The lowest BCUT2D eigenvalue weighted by atomic mass is 9.98. The Balaban J connectivity index is 0.00000110. The predicted octanol–water partition coefficient (Wildman–Crippen LogP) is 1.86. The van der Waals surface area contributed by atoms with Gasteiger partial charge in [-0.2, -0.15) is 0 Å². The van der Waals surface area contributed by atoms with E-state index >= 15 is 0 Å². The van der Waals surface area contributed by atoms with Crippen molar-refractivity contribution in [1.29, 1.82) is 0 Å². The van der Waals surface area contributed by atoms with Crippen LogP contribution >= 0.6 is 36.2 Å². The van der Waals surface area contributed by atoms with Gasteiger partial charge >= 0.3 is 0 Å². The van der Waals surface area contributed by atoms with E-state index in [1.54, 1.807) is 11.3 Å². The van der Waals surface area contributed by atoms with Gasteiger partial charge in [0.05, 0.1) is 12.1 Å². The Kier molecular flexibility index (Phi) is 7.36. The molecule has 1 aliphatic carbocycles. The monoisotopic (exact) mass is 353 g/mol. The quantitative estimate of drug-likeness (QED) is 0.870. The zero-order valence-corrected chi connectivity index (χ0v) is 14.1. The number of halogens is 2. The first-order valence-corrected chi connectivity index (χ1v) is 7.72. The summed E-state index contributed by atoms with van der Waals surface area (Å²) in [5, 5.41) is 9.40. The van der Waals surface area contributed by atoms with Gasteiger partial charge in [0.2, 0.25) is 0 Å². The summed E-state index contributed by atoms with van der Waals surface area (Å²) < 4.78 is 5.52. The number of hydrogen-bond acceptors (Lipinski definition) is 5. The summed E-state index contributed by atoms with van der Waals surface area (Å²) >= 11 is 1.63. The molecule has 8 heteroatoms. The fraction of sp³-hybridized carbons (Fsp3) is 0.692. The molecule has 1 amide bonds. The molecule has 1 saturated heterocycles. The molecule has 0 radical (unpaired) electrons. The fourth-order valence-corrected chi connectivity index (χ4v) is 3.73. The molecule has 21 heavy (non-hydrogen) atoms. The van der Waals surface area contributed by atoms with Crippen LogP contribution in [-0.4, -0.2) is 36.7 Å². The lowest BCUT2D eigenvalue weighted by Crippen LogP contribution is -2.53. The maximum absolute atomic E-state index is 12.4. The Morgan fingerprint density at radius 3 is 2.76 bits per heavy atom. The lowest BCUT2D eigenvalue weighted by Gasteiger charge is -2.31. The van der Waals surface area contributed by atoms with E-state index in [0.717, 1.165) is 37.2 Å². The highest BCUT2D eigenvalue weighted by molar-refractivity contribution is 7.09. The van der Waals surface area contributed by atoms with Gasteiger partial charge in [0.1, 0.15) is 11.1 Å². The van der Waals surface area contributed by atoms with Crippen molar-refractivity contribution in [3.63, 3.8) is 0 Å². The average Bonchev–Trinajstić information content (AvgIpc) is 3.11. The van der Waals surface area contributed by atoms with E-state index in [0.29, 0.717) is 13.2 Å². The highest BCUT2D eigenvalue weighted by Gasteiger charge is 2.40. The first kappa shape index (κ1) is 18.6. The molecule has 1 aromatic rings. The summed E-state index contributed by atoms with van der Waals surface area (Å²) in [6.45, 7) is 2.02. The Hall–Kier alpha value is -0.400. The number of aromatic nitrogens is 1. The van der Waals surface area contributed by atoms with Gasteiger partial charge in [-0.05, 0) is 12.8 Å². The van der Waals surface area contributed by atoms with Gasteiger partial charge in [-0.25, -0.2) is 4.98 Å². The van der Waals surface area contributed by atoms with Crippen LogP contribution in [-0.2, 0) is 15.1 Å². The van der Waals surface area contributed by atoms with Crippen LogP contribution in [0.3, 0.4) is 0 Å². The number of thiazole rings is 1. The summed E-state index contributed by atoms with van der Waals surface area (Å²) in [5.41, 5.74) is -0.258. The molecule has 1 aromatic heterocycles. The number of nitrogens with zero attached hydrogens (tertiary/aromatic N) is 1. The molecule has 1 unspecified atom stereocenters. The first-order chi connectivity index (χ1) is 9.30. The molecule has 2 heterocycles. The van der Waals surface area contributed by atoms with Gasteiger partial charge in [0, 0.05) is 24.7 Å². The van der Waals surface area contributed by atoms with Gasteiger partial charge in [0.15, 0.2) is 0 Å². The highest BCUT2D eigenvalue weighted by Crippen LogP contribution is 2.39. The van der Waals surface area contributed by atoms with Crippen LogP contribution in [0.4, 0.5) is 0 Å². The van der Waals surface area contributed by atoms with Gasteiger partial charge in [-0.15, -0.1) is 36.2 Å². The molecule has 2 N–H and O–H groups in total. The molecule has 2 aliphatic rings. The van der Waals surface area contributed by atoms with E-state index in [9.17, 15) is 4.79 Å². The standard InChI is InChI=1S/C13H19N3O2S.2ClH/c17-11(10-9-14-5-7-18-10)16-13(3-1-2-4-13)12-15-6-8-19-12;;/h6,8,10,14H,1-5,7,9H2,(H,16,17);2*1H. The largest absolute Gasteiger partial charge is 0.366 e. The Labute approximate surface area is 141 Å². The summed E-state index contributed by atoms with van der Waals surface area (Å²) in [5.74, 6) is -0.00991. The molecule has 5 nitrogen and oxygen atoms in total. The maximum Gasteiger partial charge on any atom is 0.251 e. The number of morpholine rings is 1. The Morgan fingerprint density at radius 2 is 2.19 bits per heavy atom. The molecule has 120 valence electrons. The average molecular weight is 354 g/mol. The second-order valence-electron chi connectivity index (χ2n) is 5.18. The molecule has 1 saturated carbocycles. The van der Waals surface area contributed by atoms with Crippen LogP contribution < -0.4 is 10.6 Å². The second-order valence-corrected chi connectivity index (χ2v) is 6.07. The van der Waals surface area contributed by atoms with Crippen LogP contribution in [0.25, 0.3) is 0 Å². The number of carbonyl (C=O) groups excluding carboxylic acids is 1. The molecule has 0 spiro atoms. The highest BCUT2D eigenvalue weighted by atomic mass is 35.5. The minimum Gasteiger partial charge on any atom is -0.366 e. The second kappa shape index (κ2) is 8.29. The van der Waals surface area contributed by atoms with Crippen molar-refractivity contribution in [3.8, 4) is 0 Å². The molecule has 3 rings (SSSR count). The smallest absolute Gasteiger partial charge is 0.251 e. The molecule has 1 atom stereocenters. The van der Waals surface area contributed by atoms with Gasteiger partial charge in [0.25, 0.3) is 5.91 Å². The maximum atomic E-state index is 12.4. The molecular formula is C13H21Cl2N3O2S. The zero-order valence-electron chi connectivity index (χ0n) is 11.7. The molecule has 2 fully saturated rings. The first-order valence-electron chi connectivity index (χ1n) is 6.84. The number of carbonyl (C=O) groups is 1. The summed E-state index contributed by atoms with van der Waals surface area (Å²) in [6.07, 6.45) is 5.68. The van der Waals surface area contributed by atoms with E-state index in [1.165, 1.54) is 0 Å². The number of amides is 1. The Bertz CT molecular complexity index is 433. The van der Waals surface area contributed by atoms with Crippen molar-refractivity contribution in [2.24, 2.45) is 0 Å². The fourth-order valence-electron chi connectivity index (χ4n) is 2.88. The topological polar surface area (TPSA) is 63.2 Å². The number of rotatable bonds is 3. The molecule has 1 aliphatic heterocycles. The third-order valence-corrected chi connectivity index (χ3v) is 4.86. The number of ether oxygens (including phenoxy) is 1. The molecular weight excluding hydrogens is 333 g/mol. The number of nitrogens with one attached hydrogen (secondary N) is 2. The molecule has 0 bridgehead atoms. The predicted molar refractivity (Wildman–Crippen MR) is 87.5 cm³/mol. The summed E-state index contributed by atoms with van der Waals surface area (Å²) in [7, 11) is 0. The summed E-state index contributed by atoms with van der Waals surface area (Å²) in [4.78, 5) is 16.8. The van der Waals surface area contributed by atoms with Gasteiger partial charge in [-0.3, -0.25) is 4.79 Å². The van der Waals surface area contributed by atoms with Gasteiger partial charge in [-0.1, -0.05) is 12.8 Å². The minimum absolute atomic E-state index is 0. The molecule has 0 aromatic carbocycles. The van der Waals surface area contributed by atoms with Crippen LogP contribution in [0.2, 0.25) is 0 Å². The Morgan fingerprint density at radius 1 is 1.43 bits per heavy atom. The van der Waals surface area contributed by atoms with Crippen molar-refractivity contribution in [2.45, 2.75) is 37.3 Å². The van der Waals surface area contributed by atoms with Gasteiger partial charge < -0.3 is 15.4 Å². The van der Waals surface area contributed by atoms with E-state index in [1.807, 2.05) is 11.6 Å². The SMILES string of the molecule is Cl.Cl.O=C(NC1(c2nccs2)CCCC1)C1CNCCO1. The third kappa shape index (κ3) is 4.07. The van der Waals surface area contributed by atoms with Crippen LogP contribution in [0.1, 0.15) is 30.7 Å². The third-order valence-electron chi connectivity index (χ3n) is 3.88. The summed E-state index contributed by atoms with van der Waals surface area (Å²) in [6, 6.07) is 0. The van der Waals surface area contributed by atoms with E-state index in [4.69, 9.17) is 4.74 Å². The van der Waals surface area contributed by atoms with Crippen molar-refractivity contribution in [3.05, 3.63) is 16.6 Å². The van der Waals surface area contributed by atoms with Crippen molar-refractivity contribution < 1.29 is 9.53 Å². The van der Waals surface area contributed by atoms with E-state index in [-0.39, 0.29) is 42.4 Å². The van der Waals surface area contributed by atoms with E-state index < -0.39 is 0 Å². The van der Waals surface area contributed by atoms with Crippen LogP contribution in [0.5, 0.6) is 0 Å². The zero-order chi connectivity index (χ0) is 13.1. The normalized spacial score (nSPS) is 23.7. The van der Waals surface area contributed by atoms with Crippen LogP contribution in [0, 0.1) is 0 Å². The lowest BCUT2D eigenvalue weighted by molar-refractivity contribution is -0.136. The minimum atomic E-state index is -0.369. The van der Waals surface area contributed by atoms with Crippen molar-refractivity contribution >= 4 is 42.1 Å².